The van der Waals surface area contributed by atoms with Crippen LogP contribution in [-0.2, 0) is 0 Å². The van der Waals surface area contributed by atoms with Crippen LogP contribution < -0.4 is 5.84 Å². The van der Waals surface area contributed by atoms with Gasteiger partial charge in [-0.25, -0.2) is 0 Å². The van der Waals surface area contributed by atoms with Crippen LogP contribution in [0, 0.1) is 0 Å². The third-order valence-corrected chi connectivity index (χ3v) is 0.949. The van der Waals surface area contributed by atoms with E-state index in [1.807, 2.05) is 21.1 Å². The van der Waals surface area contributed by atoms with E-state index in [-0.39, 0.29) is 0 Å². The Morgan fingerprint density at radius 1 is 0.909 bits per heavy atom. The fourth-order valence-electron chi connectivity index (χ4n) is 0. The fourth-order valence-corrected chi connectivity index (χ4v) is 0. The lowest BCUT2D eigenvalue weighted by Gasteiger charge is -2.20. The lowest BCUT2D eigenvalue weighted by molar-refractivity contribution is -0.882. The Hall–Kier alpha value is -0.120. The highest BCUT2D eigenvalue weighted by Gasteiger charge is 1.97. The van der Waals surface area contributed by atoms with Crippen LogP contribution in [0.3, 0.4) is 0 Å². The standard InChI is InChI=1S/C5H14N.C3H11N2/c1-5-6(2,3)4;1-5(2,3)4/h5H2,1-4H3;4H2,1-3H3/q2*+1. The Kier molecular flexibility index (Phi) is 5.75. The highest BCUT2D eigenvalue weighted by atomic mass is 15.5. The van der Waals surface area contributed by atoms with E-state index >= 15 is 0 Å². The van der Waals surface area contributed by atoms with Gasteiger partial charge in [0, 0.05) is 0 Å². The Labute approximate surface area is 71.5 Å². The molecule has 0 radical (unpaired) electrons. The number of nitrogens with zero attached hydrogens (tertiary/aromatic N) is 2. The van der Waals surface area contributed by atoms with E-state index in [1.165, 1.54) is 6.54 Å². The van der Waals surface area contributed by atoms with Crippen molar-refractivity contribution in [1.82, 2.24) is 0 Å². The molecule has 0 rings (SSSR count). The molecule has 0 saturated carbocycles. The summed E-state index contributed by atoms with van der Waals surface area (Å²) in [7, 11) is 12.2. The molecule has 70 valence electrons. The lowest BCUT2D eigenvalue weighted by Crippen LogP contribution is -2.41. The number of nitrogens with two attached hydrogens (primary N) is 1. The molecule has 0 heterocycles. The molecule has 0 aliphatic heterocycles. The van der Waals surface area contributed by atoms with E-state index in [9.17, 15) is 0 Å². The van der Waals surface area contributed by atoms with E-state index < -0.39 is 0 Å². The zero-order chi connectivity index (χ0) is 9.71. The van der Waals surface area contributed by atoms with Crippen LogP contribution >= 0.6 is 0 Å². The summed E-state index contributed by atoms with van der Waals surface area (Å²) in [4.78, 5) is 0. The van der Waals surface area contributed by atoms with E-state index in [1.54, 1.807) is 0 Å². The second-order valence-corrected chi connectivity index (χ2v) is 4.72. The lowest BCUT2D eigenvalue weighted by atomic mass is 10.6. The summed E-state index contributed by atoms with van der Waals surface area (Å²) >= 11 is 0. The first-order valence-electron chi connectivity index (χ1n) is 3.96. The number of hydrogen-bond acceptors (Lipinski definition) is 1. The van der Waals surface area contributed by atoms with Crippen molar-refractivity contribution in [3.8, 4) is 0 Å². The van der Waals surface area contributed by atoms with Crippen molar-refractivity contribution < 1.29 is 9.08 Å². The predicted molar refractivity (Wildman–Crippen MR) is 50.8 cm³/mol. The summed E-state index contributed by atoms with van der Waals surface area (Å²) in [5.74, 6) is 5.29. The Morgan fingerprint density at radius 2 is 1.00 bits per heavy atom. The highest BCUT2D eigenvalue weighted by molar-refractivity contribution is 4.06. The first kappa shape index (κ1) is 13.5. The van der Waals surface area contributed by atoms with Crippen molar-refractivity contribution >= 4 is 0 Å². The van der Waals surface area contributed by atoms with Gasteiger partial charge in [-0.15, -0.1) is 0 Å². The molecule has 0 aromatic rings. The van der Waals surface area contributed by atoms with E-state index in [0.717, 1.165) is 4.48 Å². The third kappa shape index (κ3) is 74.0. The van der Waals surface area contributed by atoms with Gasteiger partial charge in [0.1, 0.15) is 0 Å². The van der Waals surface area contributed by atoms with Crippen LogP contribution in [0.2, 0.25) is 0 Å². The van der Waals surface area contributed by atoms with Gasteiger partial charge >= 0.3 is 0 Å². The zero-order valence-corrected chi connectivity index (χ0v) is 9.18. The summed E-state index contributed by atoms with van der Waals surface area (Å²) in [5.41, 5.74) is 0. The molecule has 0 spiro atoms. The van der Waals surface area contributed by atoms with Crippen LogP contribution in [0.1, 0.15) is 6.92 Å². The Bertz CT molecular complexity index is 80.5. The molecule has 0 atom stereocenters. The van der Waals surface area contributed by atoms with Crippen LogP contribution in [0.15, 0.2) is 0 Å². The van der Waals surface area contributed by atoms with Crippen LogP contribution in [0.5, 0.6) is 0 Å². The maximum atomic E-state index is 5.29. The number of quaternary nitrogens is 2. The monoisotopic (exact) mass is 163 g/mol. The van der Waals surface area contributed by atoms with Gasteiger partial charge in [0.05, 0.1) is 48.8 Å². The van der Waals surface area contributed by atoms with E-state index in [0.29, 0.717) is 4.59 Å². The molecule has 2 N–H and O–H groups in total. The minimum atomic E-state index is 0.500. The molecular formula is C8H25N3+2. The van der Waals surface area contributed by atoms with Crippen LogP contribution in [-0.4, -0.2) is 57.9 Å². The molecule has 11 heavy (non-hydrogen) atoms. The van der Waals surface area contributed by atoms with E-state index in [4.69, 9.17) is 5.84 Å². The average Bonchev–Trinajstić information content (AvgIpc) is 1.59. The van der Waals surface area contributed by atoms with Gasteiger partial charge < -0.3 is 4.48 Å². The molecular weight excluding hydrogens is 138 g/mol. The molecule has 0 aromatic heterocycles. The van der Waals surface area contributed by atoms with Crippen molar-refractivity contribution in [3.05, 3.63) is 0 Å². The van der Waals surface area contributed by atoms with Crippen molar-refractivity contribution in [2.45, 2.75) is 6.92 Å². The van der Waals surface area contributed by atoms with Crippen molar-refractivity contribution in [3.63, 3.8) is 0 Å². The van der Waals surface area contributed by atoms with E-state index in [2.05, 4.69) is 28.1 Å². The first-order valence-corrected chi connectivity index (χ1v) is 3.96. The van der Waals surface area contributed by atoms with Crippen LogP contribution in [0.25, 0.3) is 0 Å². The van der Waals surface area contributed by atoms with Gasteiger partial charge in [0.2, 0.25) is 0 Å². The van der Waals surface area contributed by atoms with Gasteiger partial charge in [0.25, 0.3) is 0 Å². The molecule has 0 aliphatic carbocycles. The summed E-state index contributed by atoms with van der Waals surface area (Å²) in [6, 6.07) is 0. The van der Waals surface area contributed by atoms with Gasteiger partial charge in [-0.2, -0.15) is 5.84 Å². The van der Waals surface area contributed by atoms with Gasteiger partial charge in [-0.3, -0.25) is 4.59 Å². The molecule has 3 heteroatoms. The molecule has 0 aliphatic rings. The SMILES string of the molecule is CC[N+](C)(C)C.C[N+](C)(C)N. The summed E-state index contributed by atoms with van der Waals surface area (Å²) in [6.07, 6.45) is 0. The average molecular weight is 163 g/mol. The Morgan fingerprint density at radius 3 is 1.00 bits per heavy atom. The van der Waals surface area contributed by atoms with Crippen molar-refractivity contribution in [2.75, 3.05) is 48.8 Å². The number of rotatable bonds is 1. The molecule has 0 unspecified atom stereocenters. The van der Waals surface area contributed by atoms with Gasteiger partial charge in [0.15, 0.2) is 0 Å². The number of hydrogen-bond donors (Lipinski definition) is 1. The fraction of sp³-hybridized carbons (Fsp3) is 1.00. The predicted octanol–water partition coefficient (Wildman–Crippen LogP) is 0.279. The normalized spacial score (nSPS) is 12.0. The summed E-state index contributed by atoms with van der Waals surface area (Å²) in [5, 5.41) is 0. The maximum Gasteiger partial charge on any atom is 0.0851 e. The summed E-state index contributed by atoms with van der Waals surface area (Å²) < 4.78 is 1.57. The minimum Gasteiger partial charge on any atom is -0.331 e. The molecule has 0 amide bonds. The second-order valence-electron chi connectivity index (χ2n) is 4.72. The molecule has 0 aromatic carbocycles. The first-order chi connectivity index (χ1) is 4.56. The second kappa shape index (κ2) is 4.70. The Balaban J connectivity index is 0. The van der Waals surface area contributed by atoms with Crippen molar-refractivity contribution in [1.29, 1.82) is 0 Å². The smallest absolute Gasteiger partial charge is 0.0851 e. The molecule has 0 bridgehead atoms. The quantitative estimate of drug-likeness (QED) is 0.335. The zero-order valence-electron chi connectivity index (χ0n) is 9.18. The maximum absolute atomic E-state index is 5.29. The highest BCUT2D eigenvalue weighted by Crippen LogP contribution is 1.83. The molecule has 3 nitrogen and oxygen atoms in total. The molecule has 0 saturated heterocycles. The van der Waals surface area contributed by atoms with Gasteiger partial charge in [-0.1, -0.05) is 0 Å². The molecule has 0 fully saturated rings. The summed E-state index contributed by atoms with van der Waals surface area (Å²) in [6.45, 7) is 3.39. The van der Waals surface area contributed by atoms with Gasteiger partial charge in [-0.05, 0) is 6.92 Å². The largest absolute Gasteiger partial charge is 0.331 e. The third-order valence-electron chi connectivity index (χ3n) is 0.949. The topological polar surface area (TPSA) is 26.0 Å². The van der Waals surface area contributed by atoms with Crippen molar-refractivity contribution in [2.24, 2.45) is 5.84 Å². The minimum absolute atomic E-state index is 0.500. The van der Waals surface area contributed by atoms with Crippen LogP contribution in [0.4, 0.5) is 0 Å².